The molecule has 0 radical (unpaired) electrons. The van der Waals surface area contributed by atoms with E-state index in [1.165, 1.54) is 0 Å². The van der Waals surface area contributed by atoms with E-state index in [-0.39, 0.29) is 24.9 Å². The van der Waals surface area contributed by atoms with Crippen molar-refractivity contribution in [2.24, 2.45) is 5.73 Å². The van der Waals surface area contributed by atoms with Crippen LogP contribution in [0.1, 0.15) is 25.3 Å². The lowest BCUT2D eigenvalue weighted by Gasteiger charge is -2.17. The molecule has 0 fully saturated rings. The number of nitrogens with one attached hydrogen (secondary N) is 2. The summed E-state index contributed by atoms with van der Waals surface area (Å²) in [5.41, 5.74) is 6.80. The maximum Gasteiger partial charge on any atom is 0.250 e. The second-order valence-electron chi connectivity index (χ2n) is 5.20. The molecule has 130 valence electrons. The molecule has 0 aliphatic heterocycles. The maximum absolute atomic E-state index is 11.6. The van der Waals surface area contributed by atoms with Crippen molar-refractivity contribution in [2.75, 3.05) is 13.1 Å². The summed E-state index contributed by atoms with van der Waals surface area (Å²) in [6, 6.07) is 9.19. The zero-order valence-electron chi connectivity index (χ0n) is 13.3. The number of carbonyl (C=O) groups excluding carboxylic acids is 2. The van der Waals surface area contributed by atoms with E-state index < -0.39 is 18.1 Å². The summed E-state index contributed by atoms with van der Waals surface area (Å²) < 4.78 is 0. The van der Waals surface area contributed by atoms with Gasteiger partial charge in [0, 0.05) is 12.6 Å². The number of hydrogen-bond donors (Lipinski definition) is 4. The molecule has 23 heavy (non-hydrogen) atoms. The van der Waals surface area contributed by atoms with E-state index in [0.29, 0.717) is 13.0 Å². The normalized spacial score (nSPS) is 12.7. The first-order valence-electron chi connectivity index (χ1n) is 7.56. The van der Waals surface area contributed by atoms with Gasteiger partial charge in [0.15, 0.2) is 0 Å². The van der Waals surface area contributed by atoms with Crippen LogP contribution in [0.3, 0.4) is 0 Å². The molecular formula is C16H26ClN3O3. The van der Waals surface area contributed by atoms with Gasteiger partial charge in [-0.05, 0) is 18.4 Å². The molecule has 1 aromatic carbocycles. The van der Waals surface area contributed by atoms with Crippen LogP contribution in [0.5, 0.6) is 0 Å². The quantitative estimate of drug-likeness (QED) is 0.520. The van der Waals surface area contributed by atoms with Crippen LogP contribution in [-0.4, -0.2) is 42.2 Å². The lowest BCUT2D eigenvalue weighted by molar-refractivity contribution is -0.132. The van der Waals surface area contributed by atoms with Crippen LogP contribution >= 0.6 is 12.4 Å². The van der Waals surface area contributed by atoms with E-state index in [4.69, 9.17) is 5.73 Å². The number of amides is 2. The largest absolute Gasteiger partial charge is 0.382 e. The fraction of sp³-hybridized carbons (Fsp3) is 0.500. The Labute approximate surface area is 143 Å². The first kappa shape index (κ1) is 21.4. The summed E-state index contributed by atoms with van der Waals surface area (Å²) in [6.45, 7) is 2.25. The van der Waals surface area contributed by atoms with Crippen LogP contribution in [0, 0.1) is 0 Å². The SMILES string of the molecule is CCC[C@H](N)[C@@H](O)C(=O)NCC(=O)NCCc1ccccc1.Cl. The Bertz CT molecular complexity index is 471. The van der Waals surface area contributed by atoms with Crippen LogP contribution in [0.15, 0.2) is 30.3 Å². The van der Waals surface area contributed by atoms with E-state index in [1.54, 1.807) is 0 Å². The highest BCUT2D eigenvalue weighted by Crippen LogP contribution is 2.00. The highest BCUT2D eigenvalue weighted by molar-refractivity contribution is 5.87. The average molecular weight is 344 g/mol. The summed E-state index contributed by atoms with van der Waals surface area (Å²) in [5.74, 6) is -0.903. The zero-order valence-corrected chi connectivity index (χ0v) is 14.1. The number of rotatable bonds is 9. The van der Waals surface area contributed by atoms with Gasteiger partial charge in [-0.1, -0.05) is 43.7 Å². The molecule has 2 amide bonds. The molecule has 0 saturated carbocycles. The average Bonchev–Trinajstić information content (AvgIpc) is 2.53. The minimum atomic E-state index is -1.28. The standard InChI is InChI=1S/C16H25N3O3.ClH/c1-2-6-13(17)15(21)16(22)19-11-14(20)18-10-9-12-7-4-3-5-8-12;/h3-5,7-8,13,15,21H,2,6,9-11,17H2,1H3,(H,18,20)(H,19,22);1H/t13-,15+;/m0./s1. The molecule has 0 aliphatic carbocycles. The molecule has 6 nitrogen and oxygen atoms in total. The highest BCUT2D eigenvalue weighted by Gasteiger charge is 2.22. The van der Waals surface area contributed by atoms with Gasteiger partial charge in [-0.3, -0.25) is 9.59 Å². The fourth-order valence-corrected chi connectivity index (χ4v) is 2.01. The van der Waals surface area contributed by atoms with Gasteiger partial charge >= 0.3 is 0 Å². The smallest absolute Gasteiger partial charge is 0.250 e. The van der Waals surface area contributed by atoms with Crippen molar-refractivity contribution in [3.8, 4) is 0 Å². The van der Waals surface area contributed by atoms with Crippen LogP contribution < -0.4 is 16.4 Å². The molecule has 0 aromatic heterocycles. The molecule has 0 aliphatic rings. The van der Waals surface area contributed by atoms with E-state index in [2.05, 4.69) is 10.6 Å². The minimum Gasteiger partial charge on any atom is -0.382 e. The topological polar surface area (TPSA) is 104 Å². The number of hydrogen-bond acceptors (Lipinski definition) is 4. The number of halogens is 1. The van der Waals surface area contributed by atoms with Gasteiger partial charge in [0.05, 0.1) is 6.54 Å². The van der Waals surface area contributed by atoms with Crippen molar-refractivity contribution < 1.29 is 14.7 Å². The first-order chi connectivity index (χ1) is 10.5. The molecule has 0 unspecified atom stereocenters. The molecule has 0 saturated heterocycles. The predicted octanol–water partition coefficient (Wildman–Crippen LogP) is 0.372. The third-order valence-electron chi connectivity index (χ3n) is 3.30. The molecule has 1 aromatic rings. The van der Waals surface area contributed by atoms with E-state index in [1.807, 2.05) is 37.3 Å². The lowest BCUT2D eigenvalue weighted by Crippen LogP contribution is -2.48. The Morgan fingerprint density at radius 3 is 2.48 bits per heavy atom. The molecule has 1 rings (SSSR count). The van der Waals surface area contributed by atoms with Crippen molar-refractivity contribution in [3.05, 3.63) is 35.9 Å². The molecule has 7 heteroatoms. The third kappa shape index (κ3) is 8.54. The maximum atomic E-state index is 11.6. The minimum absolute atomic E-state index is 0. The summed E-state index contributed by atoms with van der Waals surface area (Å²) in [6.07, 6.45) is 0.783. The Morgan fingerprint density at radius 1 is 1.22 bits per heavy atom. The zero-order chi connectivity index (χ0) is 16.4. The summed E-state index contributed by atoms with van der Waals surface area (Å²) >= 11 is 0. The third-order valence-corrected chi connectivity index (χ3v) is 3.30. The van der Waals surface area contributed by atoms with Crippen molar-refractivity contribution in [1.82, 2.24) is 10.6 Å². The molecule has 0 bridgehead atoms. The van der Waals surface area contributed by atoms with Crippen LogP contribution in [0.25, 0.3) is 0 Å². The Balaban J connectivity index is 0.00000484. The van der Waals surface area contributed by atoms with Crippen molar-refractivity contribution in [1.29, 1.82) is 0 Å². The monoisotopic (exact) mass is 343 g/mol. The molecule has 2 atom stereocenters. The number of aliphatic hydroxyl groups excluding tert-OH is 1. The highest BCUT2D eigenvalue weighted by atomic mass is 35.5. The molecule has 5 N–H and O–H groups in total. The molecule has 0 heterocycles. The van der Waals surface area contributed by atoms with Crippen molar-refractivity contribution >= 4 is 24.2 Å². The first-order valence-corrected chi connectivity index (χ1v) is 7.56. The molecular weight excluding hydrogens is 318 g/mol. The Hall–Kier alpha value is -1.63. The summed E-state index contributed by atoms with van der Waals surface area (Å²) in [5, 5.41) is 14.8. The number of aliphatic hydroxyl groups is 1. The Kier molecular flexibility index (Phi) is 11.0. The van der Waals surface area contributed by atoms with E-state index in [9.17, 15) is 14.7 Å². The van der Waals surface area contributed by atoms with Crippen LogP contribution in [-0.2, 0) is 16.0 Å². The number of carbonyl (C=O) groups is 2. The predicted molar refractivity (Wildman–Crippen MR) is 92.3 cm³/mol. The van der Waals surface area contributed by atoms with Gasteiger partial charge in [-0.15, -0.1) is 12.4 Å². The number of benzene rings is 1. The van der Waals surface area contributed by atoms with Gasteiger partial charge in [-0.25, -0.2) is 0 Å². The molecule has 0 spiro atoms. The van der Waals surface area contributed by atoms with Crippen LogP contribution in [0.2, 0.25) is 0 Å². The van der Waals surface area contributed by atoms with Gasteiger partial charge in [0.2, 0.25) is 5.91 Å². The fourth-order valence-electron chi connectivity index (χ4n) is 2.01. The van der Waals surface area contributed by atoms with Crippen molar-refractivity contribution in [3.63, 3.8) is 0 Å². The van der Waals surface area contributed by atoms with Crippen LogP contribution in [0.4, 0.5) is 0 Å². The van der Waals surface area contributed by atoms with Gasteiger partial charge in [-0.2, -0.15) is 0 Å². The second-order valence-corrected chi connectivity index (χ2v) is 5.20. The van der Waals surface area contributed by atoms with Gasteiger partial charge in [0.25, 0.3) is 5.91 Å². The van der Waals surface area contributed by atoms with Gasteiger partial charge < -0.3 is 21.5 Å². The summed E-state index contributed by atoms with van der Waals surface area (Å²) in [4.78, 5) is 23.3. The second kappa shape index (κ2) is 11.9. The number of nitrogens with two attached hydrogens (primary N) is 1. The lowest BCUT2D eigenvalue weighted by atomic mass is 10.1. The van der Waals surface area contributed by atoms with Crippen molar-refractivity contribution in [2.45, 2.75) is 38.3 Å². The summed E-state index contributed by atoms with van der Waals surface area (Å²) in [7, 11) is 0. The van der Waals surface area contributed by atoms with E-state index >= 15 is 0 Å². The van der Waals surface area contributed by atoms with Gasteiger partial charge in [0.1, 0.15) is 6.10 Å². The van der Waals surface area contributed by atoms with E-state index in [0.717, 1.165) is 18.4 Å². The Morgan fingerprint density at radius 2 is 1.87 bits per heavy atom.